The van der Waals surface area contributed by atoms with Gasteiger partial charge in [-0.15, -0.1) is 0 Å². The lowest BCUT2D eigenvalue weighted by molar-refractivity contribution is 0.630. The summed E-state index contributed by atoms with van der Waals surface area (Å²) < 4.78 is 6.50. The first-order chi connectivity index (χ1) is 18.0. The number of hydrogen-bond donors (Lipinski definition) is 0. The molecule has 4 aromatic carbocycles. The topological polar surface area (TPSA) is 13.1 Å². The van der Waals surface area contributed by atoms with Crippen molar-refractivity contribution >= 4 is 21.9 Å². The molecule has 0 aliphatic heterocycles. The first-order valence-corrected chi connectivity index (χ1v) is 13.0. The lowest BCUT2D eigenvalue weighted by Crippen LogP contribution is -2.27. The van der Waals surface area contributed by atoms with Gasteiger partial charge in [-0.05, 0) is 73.6 Å². The number of fused-ring (bicyclic) bond motifs is 6. The molecule has 1 heterocycles. The van der Waals surface area contributed by atoms with Gasteiger partial charge in [0.2, 0.25) is 0 Å². The van der Waals surface area contributed by atoms with Crippen LogP contribution in [0, 0.1) is 0 Å². The summed E-state index contributed by atoms with van der Waals surface area (Å²) in [7, 11) is 0. The lowest BCUT2D eigenvalue weighted by Gasteiger charge is -2.34. The molecule has 1 aliphatic rings. The predicted molar refractivity (Wildman–Crippen MR) is 159 cm³/mol. The van der Waals surface area contributed by atoms with E-state index in [9.17, 15) is 0 Å². The second kappa shape index (κ2) is 10.1. The van der Waals surface area contributed by atoms with Gasteiger partial charge in [0.15, 0.2) is 0 Å². The molecule has 0 amide bonds. The summed E-state index contributed by atoms with van der Waals surface area (Å²) in [4.78, 5) is 0. The Morgan fingerprint density at radius 3 is 2.16 bits per heavy atom. The standard InChI is InChI=1S/C32H26O.C4H8/c1-4-11-21(2)32(3,28-17-9-15-24-23-13-6-5-12-22(23)20-27(24)28)29-18-10-16-26-25-14-7-8-19-30(25)33-31(26)29;1-3-4-2/h4-19H,2,20H2,1,3H3;3-4H,1-2H3/b11-4-;4-3-. The minimum Gasteiger partial charge on any atom is -0.456 e. The van der Waals surface area contributed by atoms with E-state index in [0.29, 0.717) is 0 Å². The highest BCUT2D eigenvalue weighted by atomic mass is 16.3. The van der Waals surface area contributed by atoms with Crippen molar-refractivity contribution in [2.24, 2.45) is 0 Å². The van der Waals surface area contributed by atoms with E-state index in [1.807, 2.05) is 38.1 Å². The predicted octanol–water partition coefficient (Wildman–Crippen LogP) is 10.2. The van der Waals surface area contributed by atoms with Crippen molar-refractivity contribution in [3.8, 4) is 11.1 Å². The number of rotatable bonds is 4. The van der Waals surface area contributed by atoms with E-state index < -0.39 is 5.41 Å². The molecule has 0 saturated heterocycles. The molecular weight excluding hydrogens is 448 g/mol. The largest absolute Gasteiger partial charge is 0.456 e. The van der Waals surface area contributed by atoms with Crippen LogP contribution in [0.25, 0.3) is 33.1 Å². The highest BCUT2D eigenvalue weighted by Crippen LogP contribution is 2.49. The molecule has 1 unspecified atom stereocenters. The van der Waals surface area contributed by atoms with E-state index >= 15 is 0 Å². The van der Waals surface area contributed by atoms with E-state index in [4.69, 9.17) is 4.42 Å². The molecule has 1 aromatic heterocycles. The SMILES string of the molecule is C/C=C\C.C=C(/C=C\C)C(C)(c1cccc2c1Cc1ccccc1-2)c1cccc2c1oc1ccccc12. The van der Waals surface area contributed by atoms with E-state index in [1.165, 1.54) is 27.8 Å². The average Bonchev–Trinajstić information content (AvgIpc) is 3.51. The van der Waals surface area contributed by atoms with Crippen LogP contribution in [0.4, 0.5) is 0 Å². The maximum absolute atomic E-state index is 6.50. The minimum atomic E-state index is -0.437. The van der Waals surface area contributed by atoms with Crippen LogP contribution in [0.15, 0.2) is 126 Å². The number of benzene rings is 4. The third-order valence-electron chi connectivity index (χ3n) is 7.68. The summed E-state index contributed by atoms with van der Waals surface area (Å²) in [5.74, 6) is 0. The van der Waals surface area contributed by atoms with Crippen LogP contribution in [0.2, 0.25) is 0 Å². The zero-order valence-corrected chi connectivity index (χ0v) is 22.2. The molecule has 0 fully saturated rings. The summed E-state index contributed by atoms with van der Waals surface area (Å²) in [5, 5.41) is 2.30. The molecule has 1 aliphatic carbocycles. The van der Waals surface area contributed by atoms with Crippen LogP contribution in [0.5, 0.6) is 0 Å². The Balaban J connectivity index is 0.000000655. The molecule has 37 heavy (non-hydrogen) atoms. The number of para-hydroxylation sites is 2. The number of hydrogen-bond acceptors (Lipinski definition) is 1. The van der Waals surface area contributed by atoms with Crippen LogP contribution in [0.3, 0.4) is 0 Å². The Labute approximate surface area is 220 Å². The Hall–Kier alpha value is -4.10. The van der Waals surface area contributed by atoms with Crippen molar-refractivity contribution in [2.75, 3.05) is 0 Å². The van der Waals surface area contributed by atoms with Gasteiger partial charge in [-0.25, -0.2) is 0 Å². The van der Waals surface area contributed by atoms with Gasteiger partial charge in [0, 0.05) is 21.8 Å². The first-order valence-electron chi connectivity index (χ1n) is 13.0. The summed E-state index contributed by atoms with van der Waals surface area (Å²) in [5.41, 5.74) is 10.4. The smallest absolute Gasteiger partial charge is 0.139 e. The fourth-order valence-corrected chi connectivity index (χ4v) is 5.63. The third-order valence-corrected chi connectivity index (χ3v) is 7.68. The van der Waals surface area contributed by atoms with Crippen LogP contribution in [-0.2, 0) is 11.8 Å². The molecule has 1 nitrogen and oxygen atoms in total. The second-order valence-corrected chi connectivity index (χ2v) is 9.76. The van der Waals surface area contributed by atoms with E-state index in [0.717, 1.165) is 39.5 Å². The minimum absolute atomic E-state index is 0.437. The Morgan fingerprint density at radius 1 is 0.730 bits per heavy atom. The van der Waals surface area contributed by atoms with Gasteiger partial charge in [-0.1, -0.05) is 110 Å². The van der Waals surface area contributed by atoms with Crippen LogP contribution < -0.4 is 0 Å². The van der Waals surface area contributed by atoms with E-state index in [-0.39, 0.29) is 0 Å². The van der Waals surface area contributed by atoms with Gasteiger partial charge < -0.3 is 4.42 Å². The molecule has 6 rings (SSSR count). The molecule has 0 bridgehead atoms. The van der Waals surface area contributed by atoms with Gasteiger partial charge >= 0.3 is 0 Å². The summed E-state index contributed by atoms with van der Waals surface area (Å²) in [6, 6.07) is 30.3. The van der Waals surface area contributed by atoms with Crippen LogP contribution >= 0.6 is 0 Å². The maximum atomic E-state index is 6.50. The number of furan rings is 1. The van der Waals surface area contributed by atoms with Crippen molar-refractivity contribution in [1.29, 1.82) is 0 Å². The fraction of sp³-hybridized carbons (Fsp3) is 0.167. The van der Waals surface area contributed by atoms with Gasteiger partial charge in [0.05, 0.1) is 0 Å². The zero-order valence-electron chi connectivity index (χ0n) is 22.2. The van der Waals surface area contributed by atoms with Gasteiger partial charge in [0.25, 0.3) is 0 Å². The molecule has 1 atom stereocenters. The Kier molecular flexibility index (Phi) is 6.72. The Morgan fingerprint density at radius 2 is 1.38 bits per heavy atom. The average molecular weight is 483 g/mol. The molecule has 184 valence electrons. The highest BCUT2D eigenvalue weighted by molar-refractivity contribution is 6.06. The van der Waals surface area contributed by atoms with Crippen LogP contribution in [-0.4, -0.2) is 0 Å². The molecule has 0 radical (unpaired) electrons. The maximum Gasteiger partial charge on any atom is 0.139 e. The lowest BCUT2D eigenvalue weighted by atomic mass is 9.68. The highest BCUT2D eigenvalue weighted by Gasteiger charge is 2.37. The van der Waals surface area contributed by atoms with E-state index in [2.05, 4.69) is 105 Å². The van der Waals surface area contributed by atoms with Crippen LogP contribution in [0.1, 0.15) is 49.9 Å². The molecule has 0 N–H and O–H groups in total. The van der Waals surface area contributed by atoms with Crippen molar-refractivity contribution in [3.05, 3.63) is 144 Å². The third kappa shape index (κ3) is 4.05. The van der Waals surface area contributed by atoms with Crippen molar-refractivity contribution in [1.82, 2.24) is 0 Å². The van der Waals surface area contributed by atoms with Crippen molar-refractivity contribution < 1.29 is 4.42 Å². The van der Waals surface area contributed by atoms with Gasteiger partial charge in [-0.3, -0.25) is 0 Å². The second-order valence-electron chi connectivity index (χ2n) is 9.76. The summed E-state index contributed by atoms with van der Waals surface area (Å²) in [6.07, 6.45) is 9.16. The monoisotopic (exact) mass is 482 g/mol. The quantitative estimate of drug-likeness (QED) is 0.180. The summed E-state index contributed by atoms with van der Waals surface area (Å²) >= 11 is 0. The summed E-state index contributed by atoms with van der Waals surface area (Å²) in [6.45, 7) is 12.9. The zero-order chi connectivity index (χ0) is 26.0. The molecule has 5 aromatic rings. The van der Waals surface area contributed by atoms with E-state index in [1.54, 1.807) is 0 Å². The fourth-order valence-electron chi connectivity index (χ4n) is 5.63. The molecule has 0 spiro atoms. The normalized spacial score (nSPS) is 13.9. The van der Waals surface area contributed by atoms with Crippen molar-refractivity contribution in [3.63, 3.8) is 0 Å². The molecular formula is C36H34O. The Bertz CT molecular complexity index is 1660. The van der Waals surface area contributed by atoms with Gasteiger partial charge in [-0.2, -0.15) is 0 Å². The van der Waals surface area contributed by atoms with Gasteiger partial charge in [0.1, 0.15) is 11.2 Å². The molecule has 0 saturated carbocycles. The molecule has 1 heteroatoms. The first kappa shape index (κ1) is 24.6. The number of allylic oxidation sites excluding steroid dienone is 5. The van der Waals surface area contributed by atoms with Crippen molar-refractivity contribution in [2.45, 2.75) is 39.5 Å².